The SMILES string of the molecule is O=c1ccc2cc(/C=C3\CCCN=C3c3cccnc3)ccc2o1. The van der Waals surface area contributed by atoms with E-state index in [-0.39, 0.29) is 5.63 Å². The van der Waals surface area contributed by atoms with Gasteiger partial charge in [-0.05, 0) is 60.4 Å². The lowest BCUT2D eigenvalue weighted by Gasteiger charge is -2.16. The van der Waals surface area contributed by atoms with E-state index in [0.717, 1.165) is 41.6 Å². The fourth-order valence-electron chi connectivity index (χ4n) is 2.98. The predicted octanol–water partition coefficient (Wildman–Crippen LogP) is 3.85. The maximum atomic E-state index is 11.3. The van der Waals surface area contributed by atoms with Crippen molar-refractivity contribution in [2.45, 2.75) is 12.8 Å². The molecule has 4 nitrogen and oxygen atoms in total. The lowest BCUT2D eigenvalue weighted by Crippen LogP contribution is -2.11. The van der Waals surface area contributed by atoms with E-state index in [4.69, 9.17) is 9.41 Å². The fraction of sp³-hybridized carbons (Fsp3) is 0.150. The summed E-state index contributed by atoms with van der Waals surface area (Å²) in [5.74, 6) is 0. The van der Waals surface area contributed by atoms with E-state index in [1.54, 1.807) is 12.3 Å². The predicted molar refractivity (Wildman–Crippen MR) is 95.3 cm³/mol. The lowest BCUT2D eigenvalue weighted by molar-refractivity contribution is 0.561. The van der Waals surface area contributed by atoms with E-state index in [1.165, 1.54) is 11.6 Å². The van der Waals surface area contributed by atoms with Crippen LogP contribution in [0.25, 0.3) is 17.0 Å². The Hall–Kier alpha value is -3.01. The first-order valence-corrected chi connectivity index (χ1v) is 7.99. The van der Waals surface area contributed by atoms with Crippen molar-refractivity contribution in [3.05, 3.63) is 82.0 Å². The van der Waals surface area contributed by atoms with Crippen molar-refractivity contribution < 1.29 is 4.42 Å². The number of nitrogens with zero attached hydrogens (tertiary/aromatic N) is 2. The summed E-state index contributed by atoms with van der Waals surface area (Å²) in [6, 6.07) is 13.0. The third-order valence-corrected chi connectivity index (χ3v) is 4.10. The molecule has 0 fully saturated rings. The first-order valence-electron chi connectivity index (χ1n) is 7.99. The van der Waals surface area contributed by atoms with Crippen LogP contribution in [0, 0.1) is 0 Å². The second-order valence-electron chi connectivity index (χ2n) is 5.80. The van der Waals surface area contributed by atoms with Crippen molar-refractivity contribution in [1.82, 2.24) is 4.98 Å². The molecule has 0 aliphatic carbocycles. The topological polar surface area (TPSA) is 55.5 Å². The van der Waals surface area contributed by atoms with Crippen molar-refractivity contribution in [1.29, 1.82) is 0 Å². The van der Waals surface area contributed by atoms with Gasteiger partial charge in [0.05, 0.1) is 5.71 Å². The highest BCUT2D eigenvalue weighted by atomic mass is 16.4. The van der Waals surface area contributed by atoms with E-state index in [2.05, 4.69) is 11.1 Å². The Morgan fingerprint density at radius 1 is 1.12 bits per heavy atom. The quantitative estimate of drug-likeness (QED) is 0.675. The van der Waals surface area contributed by atoms with E-state index >= 15 is 0 Å². The standard InChI is InChI=1S/C20H16N2O2/c23-19-8-6-15-11-14(5-7-18(15)24-19)12-16-3-2-10-22-20(16)17-4-1-9-21-13-17/h1,4-9,11-13H,2-3,10H2/b16-12+. The summed E-state index contributed by atoms with van der Waals surface area (Å²) in [5, 5.41) is 0.916. The van der Waals surface area contributed by atoms with Crippen LogP contribution in [0.1, 0.15) is 24.0 Å². The Labute approximate surface area is 139 Å². The number of benzene rings is 1. The molecule has 0 bridgehead atoms. The average Bonchev–Trinajstić information content (AvgIpc) is 2.63. The molecule has 3 aromatic rings. The molecule has 4 heteroatoms. The molecular formula is C20H16N2O2. The minimum absolute atomic E-state index is 0.327. The second-order valence-corrected chi connectivity index (χ2v) is 5.80. The minimum atomic E-state index is -0.327. The molecule has 0 amide bonds. The van der Waals surface area contributed by atoms with Gasteiger partial charge in [-0.15, -0.1) is 0 Å². The number of hydrogen-bond donors (Lipinski definition) is 0. The van der Waals surface area contributed by atoms with Crippen LogP contribution in [0.4, 0.5) is 0 Å². The van der Waals surface area contributed by atoms with E-state index in [0.29, 0.717) is 5.58 Å². The Balaban J connectivity index is 1.76. The molecule has 0 unspecified atom stereocenters. The number of fused-ring (bicyclic) bond motifs is 1. The van der Waals surface area contributed by atoms with Gasteiger partial charge in [0, 0.05) is 36.0 Å². The van der Waals surface area contributed by atoms with Gasteiger partial charge in [-0.2, -0.15) is 0 Å². The van der Waals surface area contributed by atoms with Crippen LogP contribution >= 0.6 is 0 Å². The number of rotatable bonds is 2. The van der Waals surface area contributed by atoms with E-state index in [9.17, 15) is 4.79 Å². The molecule has 24 heavy (non-hydrogen) atoms. The van der Waals surface area contributed by atoms with Crippen LogP contribution in [0.2, 0.25) is 0 Å². The normalized spacial score (nSPS) is 16.3. The summed E-state index contributed by atoms with van der Waals surface area (Å²) in [7, 11) is 0. The molecule has 118 valence electrons. The Kier molecular flexibility index (Phi) is 3.79. The summed E-state index contributed by atoms with van der Waals surface area (Å²) in [5.41, 5.74) is 4.64. The number of hydrogen-bond acceptors (Lipinski definition) is 4. The highest BCUT2D eigenvalue weighted by Gasteiger charge is 2.14. The maximum Gasteiger partial charge on any atom is 0.336 e. The monoisotopic (exact) mass is 316 g/mol. The van der Waals surface area contributed by atoms with Gasteiger partial charge in [-0.25, -0.2) is 4.79 Å². The van der Waals surface area contributed by atoms with Gasteiger partial charge in [0.15, 0.2) is 0 Å². The Morgan fingerprint density at radius 3 is 2.96 bits per heavy atom. The van der Waals surface area contributed by atoms with Crippen LogP contribution in [0.15, 0.2) is 74.6 Å². The molecule has 1 aliphatic heterocycles. The first-order chi connectivity index (χ1) is 11.8. The molecule has 0 spiro atoms. The molecule has 0 N–H and O–H groups in total. The summed E-state index contributed by atoms with van der Waals surface area (Å²) in [4.78, 5) is 20.2. The van der Waals surface area contributed by atoms with Gasteiger partial charge in [-0.3, -0.25) is 9.98 Å². The van der Waals surface area contributed by atoms with E-state index in [1.807, 2.05) is 36.5 Å². The summed E-state index contributed by atoms with van der Waals surface area (Å²) >= 11 is 0. The van der Waals surface area contributed by atoms with Gasteiger partial charge in [0.2, 0.25) is 0 Å². The zero-order chi connectivity index (χ0) is 16.4. The van der Waals surface area contributed by atoms with Crippen molar-refractivity contribution >= 4 is 22.8 Å². The van der Waals surface area contributed by atoms with Crippen LogP contribution in [0.3, 0.4) is 0 Å². The molecule has 1 aromatic carbocycles. The highest BCUT2D eigenvalue weighted by Crippen LogP contribution is 2.23. The smallest absolute Gasteiger partial charge is 0.336 e. The lowest BCUT2D eigenvalue weighted by atomic mass is 9.94. The molecule has 0 saturated heterocycles. The summed E-state index contributed by atoms with van der Waals surface area (Å²) in [6.07, 6.45) is 7.84. The third kappa shape index (κ3) is 2.91. The Bertz CT molecular complexity index is 1000. The van der Waals surface area contributed by atoms with Gasteiger partial charge in [-0.1, -0.05) is 6.07 Å². The zero-order valence-corrected chi connectivity index (χ0v) is 13.1. The largest absolute Gasteiger partial charge is 0.423 e. The number of aromatic nitrogens is 1. The van der Waals surface area contributed by atoms with Crippen LogP contribution in [0.5, 0.6) is 0 Å². The third-order valence-electron chi connectivity index (χ3n) is 4.10. The van der Waals surface area contributed by atoms with Crippen LogP contribution in [-0.2, 0) is 0 Å². The minimum Gasteiger partial charge on any atom is -0.423 e. The van der Waals surface area contributed by atoms with Gasteiger partial charge in [0.1, 0.15) is 5.58 Å². The molecule has 0 radical (unpaired) electrons. The number of allylic oxidation sites excluding steroid dienone is 1. The van der Waals surface area contributed by atoms with Crippen molar-refractivity contribution in [3.8, 4) is 0 Å². The van der Waals surface area contributed by atoms with Gasteiger partial charge >= 0.3 is 5.63 Å². The van der Waals surface area contributed by atoms with Crippen molar-refractivity contribution in [2.24, 2.45) is 4.99 Å². The first kappa shape index (κ1) is 14.6. The fourth-order valence-corrected chi connectivity index (χ4v) is 2.98. The van der Waals surface area contributed by atoms with Crippen molar-refractivity contribution in [3.63, 3.8) is 0 Å². The molecule has 4 rings (SSSR count). The summed E-state index contributed by atoms with van der Waals surface area (Å²) in [6.45, 7) is 0.852. The van der Waals surface area contributed by atoms with Gasteiger partial charge in [0.25, 0.3) is 0 Å². The second kappa shape index (κ2) is 6.24. The Morgan fingerprint density at radius 2 is 2.08 bits per heavy atom. The zero-order valence-electron chi connectivity index (χ0n) is 13.1. The summed E-state index contributed by atoms with van der Waals surface area (Å²) < 4.78 is 5.19. The van der Waals surface area contributed by atoms with Gasteiger partial charge < -0.3 is 4.42 Å². The maximum absolute atomic E-state index is 11.3. The van der Waals surface area contributed by atoms with Crippen LogP contribution < -0.4 is 5.63 Å². The van der Waals surface area contributed by atoms with Crippen LogP contribution in [-0.4, -0.2) is 17.2 Å². The molecule has 0 atom stereocenters. The van der Waals surface area contributed by atoms with Crippen molar-refractivity contribution in [2.75, 3.05) is 6.54 Å². The number of pyridine rings is 1. The molecule has 2 aromatic heterocycles. The highest BCUT2D eigenvalue weighted by molar-refractivity contribution is 6.15. The molecule has 3 heterocycles. The average molecular weight is 316 g/mol. The van der Waals surface area contributed by atoms with E-state index < -0.39 is 0 Å². The molecule has 1 aliphatic rings. The molecule has 0 saturated carbocycles. The molecular weight excluding hydrogens is 300 g/mol. The number of aliphatic imine (C=N–C) groups is 1.